The average molecular weight is 211 g/mol. The van der Waals surface area contributed by atoms with Crippen molar-refractivity contribution in [3.63, 3.8) is 0 Å². The Morgan fingerprint density at radius 3 is 3.00 bits per heavy atom. The molecule has 1 aliphatic carbocycles. The molecule has 14 heavy (non-hydrogen) atoms. The number of aromatic nitrogens is 1. The van der Waals surface area contributed by atoms with Gasteiger partial charge in [-0.25, -0.2) is 4.98 Å². The molecular formula is C10H17N3S. The van der Waals surface area contributed by atoms with Crippen LogP contribution in [0.2, 0.25) is 0 Å². The maximum Gasteiger partial charge on any atom is 0.182 e. The van der Waals surface area contributed by atoms with Gasteiger partial charge in [-0.2, -0.15) is 0 Å². The Balaban J connectivity index is 1.75. The minimum absolute atomic E-state index is 0.448. The molecule has 0 aliphatic heterocycles. The molecule has 0 radical (unpaired) electrons. The molecule has 4 heteroatoms. The van der Waals surface area contributed by atoms with E-state index in [1.807, 2.05) is 0 Å². The van der Waals surface area contributed by atoms with Crippen molar-refractivity contribution < 1.29 is 0 Å². The summed E-state index contributed by atoms with van der Waals surface area (Å²) in [6.45, 7) is 3.16. The lowest BCUT2D eigenvalue weighted by atomic mass is 9.81. The van der Waals surface area contributed by atoms with Crippen LogP contribution in [0.15, 0.2) is 5.38 Å². The summed E-state index contributed by atoms with van der Waals surface area (Å²) in [6, 6.07) is 0.448. The fourth-order valence-electron chi connectivity index (χ4n) is 1.74. The molecule has 0 amide bonds. The second kappa shape index (κ2) is 4.28. The molecule has 1 aromatic heterocycles. The van der Waals surface area contributed by atoms with Crippen molar-refractivity contribution in [2.24, 2.45) is 11.7 Å². The van der Waals surface area contributed by atoms with E-state index in [1.165, 1.54) is 18.5 Å². The lowest BCUT2D eigenvalue weighted by molar-refractivity contribution is 0.280. The molecule has 1 fully saturated rings. The lowest BCUT2D eigenvalue weighted by Crippen LogP contribution is -2.39. The SMILES string of the molecule is CCc1csc(NCC2CC(N)C2)n1. The number of hydrogen-bond acceptors (Lipinski definition) is 4. The van der Waals surface area contributed by atoms with Gasteiger partial charge in [0.1, 0.15) is 0 Å². The van der Waals surface area contributed by atoms with E-state index in [4.69, 9.17) is 5.73 Å². The van der Waals surface area contributed by atoms with Crippen LogP contribution < -0.4 is 11.1 Å². The topological polar surface area (TPSA) is 50.9 Å². The van der Waals surface area contributed by atoms with Crippen LogP contribution in [0.5, 0.6) is 0 Å². The number of nitrogens with two attached hydrogens (primary N) is 1. The van der Waals surface area contributed by atoms with Crippen LogP contribution >= 0.6 is 11.3 Å². The number of thiazole rings is 1. The highest BCUT2D eigenvalue weighted by Crippen LogP contribution is 2.26. The van der Waals surface area contributed by atoms with Gasteiger partial charge in [-0.1, -0.05) is 6.92 Å². The van der Waals surface area contributed by atoms with Gasteiger partial charge < -0.3 is 11.1 Å². The zero-order chi connectivity index (χ0) is 9.97. The van der Waals surface area contributed by atoms with Crippen LogP contribution in [0.4, 0.5) is 5.13 Å². The Bertz CT molecular complexity index is 291. The zero-order valence-corrected chi connectivity index (χ0v) is 9.31. The third-order valence-corrected chi connectivity index (χ3v) is 3.58. The van der Waals surface area contributed by atoms with Crippen LogP contribution in [0.25, 0.3) is 0 Å². The van der Waals surface area contributed by atoms with E-state index in [1.54, 1.807) is 11.3 Å². The molecular weight excluding hydrogens is 194 g/mol. The van der Waals surface area contributed by atoms with Crippen molar-refractivity contribution >= 4 is 16.5 Å². The highest BCUT2D eigenvalue weighted by Gasteiger charge is 2.25. The third kappa shape index (κ3) is 2.25. The van der Waals surface area contributed by atoms with E-state index >= 15 is 0 Å². The largest absolute Gasteiger partial charge is 0.361 e. The van der Waals surface area contributed by atoms with Crippen molar-refractivity contribution in [3.8, 4) is 0 Å². The number of nitrogens with one attached hydrogen (secondary N) is 1. The molecule has 1 aromatic rings. The van der Waals surface area contributed by atoms with Crippen molar-refractivity contribution in [3.05, 3.63) is 11.1 Å². The normalized spacial score (nSPS) is 25.9. The Kier molecular flexibility index (Phi) is 3.03. The molecule has 1 aliphatic rings. The molecule has 1 heterocycles. The summed E-state index contributed by atoms with van der Waals surface area (Å²) in [5, 5.41) is 6.55. The van der Waals surface area contributed by atoms with Gasteiger partial charge in [-0.15, -0.1) is 11.3 Å². The minimum atomic E-state index is 0.448. The van der Waals surface area contributed by atoms with E-state index in [0.29, 0.717) is 6.04 Å². The Morgan fingerprint density at radius 2 is 2.43 bits per heavy atom. The number of rotatable bonds is 4. The highest BCUT2D eigenvalue weighted by molar-refractivity contribution is 7.13. The molecule has 0 spiro atoms. The highest BCUT2D eigenvalue weighted by atomic mass is 32.1. The third-order valence-electron chi connectivity index (χ3n) is 2.73. The standard InChI is InChI=1S/C10H17N3S/c1-2-9-6-14-10(13-9)12-5-7-3-8(11)4-7/h6-8H,2-5,11H2,1H3,(H,12,13). The summed E-state index contributed by atoms with van der Waals surface area (Å²) in [7, 11) is 0. The van der Waals surface area contributed by atoms with Crippen molar-refractivity contribution in [1.82, 2.24) is 4.98 Å². The number of hydrogen-bond donors (Lipinski definition) is 2. The lowest BCUT2D eigenvalue weighted by Gasteiger charge is -2.32. The average Bonchev–Trinajstić information content (AvgIpc) is 2.58. The second-order valence-electron chi connectivity index (χ2n) is 3.98. The molecule has 0 saturated heterocycles. The van der Waals surface area contributed by atoms with E-state index in [2.05, 4.69) is 22.6 Å². The summed E-state index contributed by atoms with van der Waals surface area (Å²) >= 11 is 1.70. The Morgan fingerprint density at radius 1 is 1.64 bits per heavy atom. The van der Waals surface area contributed by atoms with Crippen LogP contribution in [0.1, 0.15) is 25.5 Å². The first-order valence-corrected chi connectivity index (χ1v) is 6.09. The van der Waals surface area contributed by atoms with E-state index in [-0.39, 0.29) is 0 Å². The van der Waals surface area contributed by atoms with Gasteiger partial charge in [0.25, 0.3) is 0 Å². The van der Waals surface area contributed by atoms with Crippen molar-refractivity contribution in [2.75, 3.05) is 11.9 Å². The molecule has 2 rings (SSSR count). The quantitative estimate of drug-likeness (QED) is 0.799. The molecule has 3 nitrogen and oxygen atoms in total. The number of nitrogens with zero attached hydrogens (tertiary/aromatic N) is 1. The maximum atomic E-state index is 5.72. The van der Waals surface area contributed by atoms with Gasteiger partial charge in [0.05, 0.1) is 5.69 Å². The fraction of sp³-hybridized carbons (Fsp3) is 0.700. The van der Waals surface area contributed by atoms with E-state index in [9.17, 15) is 0 Å². The Hall–Kier alpha value is -0.610. The van der Waals surface area contributed by atoms with Gasteiger partial charge in [-0.3, -0.25) is 0 Å². The smallest absolute Gasteiger partial charge is 0.182 e. The van der Waals surface area contributed by atoms with Crippen molar-refractivity contribution in [2.45, 2.75) is 32.2 Å². The van der Waals surface area contributed by atoms with Gasteiger partial charge in [-0.05, 0) is 25.2 Å². The van der Waals surface area contributed by atoms with Crippen LogP contribution in [0.3, 0.4) is 0 Å². The predicted molar refractivity (Wildman–Crippen MR) is 60.7 cm³/mol. The molecule has 0 atom stereocenters. The number of anilines is 1. The first-order chi connectivity index (χ1) is 6.78. The maximum absolute atomic E-state index is 5.72. The molecule has 3 N–H and O–H groups in total. The van der Waals surface area contributed by atoms with E-state index in [0.717, 1.165) is 24.0 Å². The minimum Gasteiger partial charge on any atom is -0.361 e. The van der Waals surface area contributed by atoms with Crippen LogP contribution in [0, 0.1) is 5.92 Å². The second-order valence-corrected chi connectivity index (χ2v) is 4.83. The van der Waals surface area contributed by atoms with Crippen LogP contribution in [-0.2, 0) is 6.42 Å². The first kappa shape index (κ1) is 9.93. The fourth-order valence-corrected chi connectivity index (χ4v) is 2.54. The zero-order valence-electron chi connectivity index (χ0n) is 8.49. The summed E-state index contributed by atoms with van der Waals surface area (Å²) in [5.74, 6) is 0.763. The van der Waals surface area contributed by atoms with Crippen molar-refractivity contribution in [1.29, 1.82) is 0 Å². The predicted octanol–water partition coefficient (Wildman–Crippen LogP) is 1.85. The van der Waals surface area contributed by atoms with E-state index < -0.39 is 0 Å². The van der Waals surface area contributed by atoms with Gasteiger partial charge in [0.15, 0.2) is 5.13 Å². The molecule has 0 aromatic carbocycles. The number of aryl methyl sites for hydroxylation is 1. The van der Waals surface area contributed by atoms with Gasteiger partial charge in [0.2, 0.25) is 0 Å². The van der Waals surface area contributed by atoms with Gasteiger partial charge in [0, 0.05) is 18.0 Å². The summed E-state index contributed by atoms with van der Waals surface area (Å²) in [4.78, 5) is 4.45. The molecule has 1 saturated carbocycles. The molecule has 78 valence electrons. The monoisotopic (exact) mass is 211 g/mol. The van der Waals surface area contributed by atoms with Crippen LogP contribution in [-0.4, -0.2) is 17.6 Å². The summed E-state index contributed by atoms with van der Waals surface area (Å²) < 4.78 is 0. The molecule has 0 unspecified atom stereocenters. The van der Waals surface area contributed by atoms with Gasteiger partial charge >= 0.3 is 0 Å². The summed E-state index contributed by atoms with van der Waals surface area (Å²) in [6.07, 6.45) is 3.35. The molecule has 0 bridgehead atoms. The summed E-state index contributed by atoms with van der Waals surface area (Å²) in [5.41, 5.74) is 6.91. The first-order valence-electron chi connectivity index (χ1n) is 5.21. The Labute approximate surface area is 88.7 Å².